The Hall–Kier alpha value is -2.31. The molecule has 1 saturated carbocycles. The summed E-state index contributed by atoms with van der Waals surface area (Å²) in [4.78, 5) is 30.6. The Labute approximate surface area is 154 Å². The quantitative estimate of drug-likeness (QED) is 0.681. The highest BCUT2D eigenvalue weighted by Gasteiger charge is 2.20. The van der Waals surface area contributed by atoms with Gasteiger partial charge < -0.3 is 20.9 Å². The van der Waals surface area contributed by atoms with Crippen molar-refractivity contribution in [3.8, 4) is 0 Å². The van der Waals surface area contributed by atoms with E-state index in [1.165, 1.54) is 19.3 Å². The summed E-state index contributed by atoms with van der Waals surface area (Å²) in [5, 5.41) is 8.43. The molecule has 3 N–H and O–H groups in total. The Morgan fingerprint density at radius 3 is 2.42 bits per heavy atom. The maximum absolute atomic E-state index is 12.0. The van der Waals surface area contributed by atoms with Crippen LogP contribution in [0.4, 0.5) is 16.3 Å². The van der Waals surface area contributed by atoms with Gasteiger partial charge in [0.25, 0.3) is 0 Å². The van der Waals surface area contributed by atoms with Crippen molar-refractivity contribution in [2.24, 2.45) is 5.92 Å². The average molecular weight is 359 g/mol. The molecule has 2 fully saturated rings. The maximum Gasteiger partial charge on any atom is 0.319 e. The first-order valence-corrected chi connectivity index (χ1v) is 9.76. The Balaban J connectivity index is 1.33. The van der Waals surface area contributed by atoms with Gasteiger partial charge in [-0.25, -0.2) is 9.78 Å². The standard InChI is InChI=1S/C19H29N5O2/c25-18(15-6-2-1-3-7-15)20-10-11-21-19(26)23-16-8-9-17(22-14-16)24-12-4-5-13-24/h8-9,14-15H,1-7,10-13H2,(H,20,25)(H2,21,23,26). The van der Waals surface area contributed by atoms with Crippen LogP contribution in [0.3, 0.4) is 0 Å². The summed E-state index contributed by atoms with van der Waals surface area (Å²) in [5.41, 5.74) is 0.664. The van der Waals surface area contributed by atoms with Gasteiger partial charge in [-0.2, -0.15) is 0 Å². The molecule has 142 valence electrons. The van der Waals surface area contributed by atoms with E-state index in [1.54, 1.807) is 6.20 Å². The number of aromatic nitrogens is 1. The number of hydrogen-bond acceptors (Lipinski definition) is 4. The summed E-state index contributed by atoms with van der Waals surface area (Å²) < 4.78 is 0. The fraction of sp³-hybridized carbons (Fsp3) is 0.632. The van der Waals surface area contributed by atoms with Crippen LogP contribution in [0.15, 0.2) is 18.3 Å². The minimum absolute atomic E-state index is 0.119. The second-order valence-electron chi connectivity index (χ2n) is 7.11. The Bertz CT molecular complexity index is 592. The van der Waals surface area contributed by atoms with Crippen LogP contribution >= 0.6 is 0 Å². The van der Waals surface area contributed by atoms with Gasteiger partial charge >= 0.3 is 6.03 Å². The fourth-order valence-electron chi connectivity index (χ4n) is 3.64. The van der Waals surface area contributed by atoms with E-state index in [-0.39, 0.29) is 17.9 Å². The van der Waals surface area contributed by atoms with Gasteiger partial charge in [0, 0.05) is 32.1 Å². The van der Waals surface area contributed by atoms with Crippen LogP contribution < -0.4 is 20.9 Å². The molecule has 0 spiro atoms. The third-order valence-corrected chi connectivity index (χ3v) is 5.12. The third kappa shape index (κ3) is 5.34. The van der Waals surface area contributed by atoms with E-state index >= 15 is 0 Å². The largest absolute Gasteiger partial charge is 0.357 e. The molecule has 1 aliphatic carbocycles. The zero-order chi connectivity index (χ0) is 18.2. The molecule has 0 atom stereocenters. The molecule has 7 heteroatoms. The summed E-state index contributed by atoms with van der Waals surface area (Å²) in [6.07, 6.45) is 9.59. The van der Waals surface area contributed by atoms with Crippen molar-refractivity contribution < 1.29 is 9.59 Å². The molecule has 2 aliphatic rings. The lowest BCUT2D eigenvalue weighted by Crippen LogP contribution is -2.39. The Kier molecular flexibility index (Phi) is 6.68. The summed E-state index contributed by atoms with van der Waals surface area (Å²) in [7, 11) is 0. The molecule has 0 unspecified atom stereocenters. The van der Waals surface area contributed by atoms with Gasteiger partial charge in [-0.3, -0.25) is 4.79 Å². The number of hydrogen-bond donors (Lipinski definition) is 3. The van der Waals surface area contributed by atoms with Crippen LogP contribution in [0.1, 0.15) is 44.9 Å². The first kappa shape index (κ1) is 18.5. The SMILES string of the molecule is O=C(NCCNC(=O)C1CCCCC1)Nc1ccc(N2CCCC2)nc1. The highest BCUT2D eigenvalue weighted by atomic mass is 16.2. The number of nitrogens with one attached hydrogen (secondary N) is 3. The molecule has 0 radical (unpaired) electrons. The molecule has 2 heterocycles. The zero-order valence-electron chi connectivity index (χ0n) is 15.3. The van der Waals surface area contributed by atoms with Crippen molar-refractivity contribution in [3.05, 3.63) is 18.3 Å². The molecule has 1 saturated heterocycles. The van der Waals surface area contributed by atoms with Crippen molar-refractivity contribution in [2.75, 3.05) is 36.4 Å². The molecule has 0 bridgehead atoms. The van der Waals surface area contributed by atoms with Crippen LogP contribution in [0.25, 0.3) is 0 Å². The Morgan fingerprint density at radius 2 is 1.73 bits per heavy atom. The normalized spacial score (nSPS) is 17.8. The van der Waals surface area contributed by atoms with Gasteiger partial charge in [0.1, 0.15) is 5.82 Å². The van der Waals surface area contributed by atoms with Gasteiger partial charge in [-0.15, -0.1) is 0 Å². The van der Waals surface area contributed by atoms with Crippen LogP contribution in [-0.4, -0.2) is 43.1 Å². The topological polar surface area (TPSA) is 86.4 Å². The summed E-state index contributed by atoms with van der Waals surface area (Å²) in [6.45, 7) is 2.96. The van der Waals surface area contributed by atoms with E-state index in [9.17, 15) is 9.59 Å². The first-order valence-electron chi connectivity index (χ1n) is 9.76. The van der Waals surface area contributed by atoms with E-state index in [1.807, 2.05) is 12.1 Å². The highest BCUT2D eigenvalue weighted by Crippen LogP contribution is 2.23. The number of pyridine rings is 1. The predicted octanol–water partition coefficient (Wildman–Crippen LogP) is 2.50. The Morgan fingerprint density at radius 1 is 1.00 bits per heavy atom. The molecule has 3 rings (SSSR count). The number of carbonyl (C=O) groups excluding carboxylic acids is 2. The van der Waals surface area contributed by atoms with Gasteiger partial charge in [0.05, 0.1) is 11.9 Å². The van der Waals surface area contributed by atoms with Gasteiger partial charge in [-0.05, 0) is 37.8 Å². The predicted molar refractivity (Wildman–Crippen MR) is 102 cm³/mol. The highest BCUT2D eigenvalue weighted by molar-refractivity contribution is 5.89. The second-order valence-corrected chi connectivity index (χ2v) is 7.11. The minimum Gasteiger partial charge on any atom is -0.357 e. The number of urea groups is 1. The average Bonchev–Trinajstić information content (AvgIpc) is 3.21. The lowest BCUT2D eigenvalue weighted by molar-refractivity contribution is -0.125. The molecule has 0 aromatic carbocycles. The summed E-state index contributed by atoms with van der Waals surface area (Å²) in [5.74, 6) is 1.23. The molecular weight excluding hydrogens is 330 g/mol. The van der Waals surface area contributed by atoms with Crippen LogP contribution in [0.2, 0.25) is 0 Å². The van der Waals surface area contributed by atoms with E-state index in [0.717, 1.165) is 44.6 Å². The van der Waals surface area contributed by atoms with Crippen molar-refractivity contribution in [1.82, 2.24) is 15.6 Å². The fourth-order valence-corrected chi connectivity index (χ4v) is 3.64. The number of rotatable bonds is 6. The van der Waals surface area contributed by atoms with Crippen LogP contribution in [0.5, 0.6) is 0 Å². The van der Waals surface area contributed by atoms with Crippen molar-refractivity contribution in [2.45, 2.75) is 44.9 Å². The smallest absolute Gasteiger partial charge is 0.319 e. The molecule has 3 amide bonds. The zero-order valence-corrected chi connectivity index (χ0v) is 15.3. The second kappa shape index (κ2) is 9.40. The summed E-state index contributed by atoms with van der Waals surface area (Å²) in [6, 6.07) is 3.52. The third-order valence-electron chi connectivity index (χ3n) is 5.12. The lowest BCUT2D eigenvalue weighted by Gasteiger charge is -2.20. The van der Waals surface area contributed by atoms with Gasteiger partial charge in [0.15, 0.2) is 0 Å². The van der Waals surface area contributed by atoms with Crippen LogP contribution in [-0.2, 0) is 4.79 Å². The molecule has 1 aromatic heterocycles. The number of nitrogens with zero attached hydrogens (tertiary/aromatic N) is 2. The van der Waals surface area contributed by atoms with E-state index in [4.69, 9.17) is 0 Å². The lowest BCUT2D eigenvalue weighted by atomic mass is 9.89. The van der Waals surface area contributed by atoms with Crippen LogP contribution in [0, 0.1) is 5.92 Å². The molecular formula is C19H29N5O2. The minimum atomic E-state index is -0.285. The van der Waals surface area contributed by atoms with E-state index in [2.05, 4.69) is 25.8 Å². The van der Waals surface area contributed by atoms with Crippen molar-refractivity contribution >= 4 is 23.4 Å². The van der Waals surface area contributed by atoms with Crippen molar-refractivity contribution in [3.63, 3.8) is 0 Å². The van der Waals surface area contributed by atoms with Gasteiger partial charge in [0.2, 0.25) is 5.91 Å². The molecule has 26 heavy (non-hydrogen) atoms. The maximum atomic E-state index is 12.0. The van der Waals surface area contributed by atoms with E-state index < -0.39 is 0 Å². The molecule has 1 aromatic rings. The first-order chi connectivity index (χ1) is 12.7. The summed E-state index contributed by atoms with van der Waals surface area (Å²) >= 11 is 0. The molecule has 7 nitrogen and oxygen atoms in total. The number of carbonyl (C=O) groups is 2. The monoisotopic (exact) mass is 359 g/mol. The molecule has 1 aliphatic heterocycles. The number of anilines is 2. The van der Waals surface area contributed by atoms with Crippen molar-refractivity contribution in [1.29, 1.82) is 0 Å². The van der Waals surface area contributed by atoms with Gasteiger partial charge in [-0.1, -0.05) is 19.3 Å². The van der Waals surface area contributed by atoms with E-state index in [0.29, 0.717) is 18.8 Å². The number of amides is 3.